The summed E-state index contributed by atoms with van der Waals surface area (Å²) in [5.41, 5.74) is 1.13. The molecule has 0 radical (unpaired) electrons. The highest BCUT2D eigenvalue weighted by molar-refractivity contribution is 5.37. The summed E-state index contributed by atoms with van der Waals surface area (Å²) in [6.07, 6.45) is 7.22. The van der Waals surface area contributed by atoms with E-state index in [1.807, 2.05) is 31.4 Å². The van der Waals surface area contributed by atoms with Crippen molar-refractivity contribution in [1.82, 2.24) is 19.7 Å². The zero-order valence-electron chi connectivity index (χ0n) is 12.4. The summed E-state index contributed by atoms with van der Waals surface area (Å²) in [5, 5.41) is 4.16. The van der Waals surface area contributed by atoms with Crippen molar-refractivity contribution in [1.29, 1.82) is 0 Å². The summed E-state index contributed by atoms with van der Waals surface area (Å²) in [5.74, 6) is 1.82. The maximum Gasteiger partial charge on any atom is 0.234 e. The van der Waals surface area contributed by atoms with E-state index in [2.05, 4.69) is 28.9 Å². The maximum atomic E-state index is 5.60. The minimum Gasteiger partial charge on any atom is -0.476 e. The first-order valence-electron chi connectivity index (χ1n) is 6.68. The van der Waals surface area contributed by atoms with E-state index in [9.17, 15) is 0 Å². The van der Waals surface area contributed by atoms with Crippen LogP contribution in [0.4, 0.5) is 5.82 Å². The highest BCUT2D eigenvalue weighted by Crippen LogP contribution is 2.15. The number of hydrogen-bond donors (Lipinski definition) is 0. The molecular weight excluding hydrogens is 254 g/mol. The Morgan fingerprint density at radius 2 is 2.10 bits per heavy atom. The van der Waals surface area contributed by atoms with Gasteiger partial charge in [0.05, 0.1) is 25.2 Å². The van der Waals surface area contributed by atoms with E-state index in [-0.39, 0.29) is 0 Å². The third kappa shape index (κ3) is 3.94. The van der Waals surface area contributed by atoms with E-state index in [0.29, 0.717) is 18.4 Å². The normalized spacial score (nSPS) is 10.8. The quantitative estimate of drug-likeness (QED) is 0.805. The fraction of sp³-hybridized carbons (Fsp3) is 0.500. The predicted octanol–water partition coefficient (Wildman–Crippen LogP) is 1.88. The lowest BCUT2D eigenvalue weighted by atomic mass is 10.2. The molecule has 20 heavy (non-hydrogen) atoms. The van der Waals surface area contributed by atoms with Gasteiger partial charge >= 0.3 is 0 Å². The van der Waals surface area contributed by atoms with Crippen molar-refractivity contribution in [3.63, 3.8) is 0 Å². The van der Waals surface area contributed by atoms with Gasteiger partial charge in [-0.1, -0.05) is 13.8 Å². The Hall–Kier alpha value is -2.11. The molecule has 0 aliphatic carbocycles. The highest BCUT2D eigenvalue weighted by atomic mass is 16.5. The van der Waals surface area contributed by atoms with Crippen molar-refractivity contribution in [3.05, 3.63) is 30.4 Å². The van der Waals surface area contributed by atoms with Crippen molar-refractivity contribution < 1.29 is 4.74 Å². The van der Waals surface area contributed by atoms with Gasteiger partial charge in [0, 0.05) is 32.4 Å². The molecule has 2 aromatic heterocycles. The topological polar surface area (TPSA) is 56.1 Å². The van der Waals surface area contributed by atoms with E-state index in [0.717, 1.165) is 17.9 Å². The van der Waals surface area contributed by atoms with Crippen LogP contribution >= 0.6 is 0 Å². The largest absolute Gasteiger partial charge is 0.476 e. The van der Waals surface area contributed by atoms with Crippen molar-refractivity contribution in [3.8, 4) is 5.88 Å². The Morgan fingerprint density at radius 3 is 2.75 bits per heavy atom. The Labute approximate surface area is 119 Å². The van der Waals surface area contributed by atoms with Gasteiger partial charge in [-0.2, -0.15) is 10.1 Å². The molecule has 2 heterocycles. The third-order valence-corrected chi connectivity index (χ3v) is 2.73. The Kier molecular flexibility index (Phi) is 4.55. The van der Waals surface area contributed by atoms with Gasteiger partial charge in [-0.25, -0.2) is 0 Å². The number of nitrogens with zero attached hydrogens (tertiary/aromatic N) is 5. The third-order valence-electron chi connectivity index (χ3n) is 2.73. The lowest BCUT2D eigenvalue weighted by molar-refractivity contribution is 0.260. The molecule has 0 saturated carbocycles. The SMILES string of the molecule is CC(C)COc1cncc(N(C)Cc2cnn(C)c2)n1. The standard InChI is InChI=1S/C14H21N5O/c1-11(2)10-20-14-7-15-6-13(17-14)18(3)8-12-5-16-19(4)9-12/h5-7,9,11H,8,10H2,1-4H3. The zero-order chi connectivity index (χ0) is 14.5. The molecule has 2 rings (SSSR count). The molecule has 0 fully saturated rings. The molecule has 0 aliphatic heterocycles. The highest BCUT2D eigenvalue weighted by Gasteiger charge is 2.07. The van der Waals surface area contributed by atoms with E-state index in [1.54, 1.807) is 17.1 Å². The lowest BCUT2D eigenvalue weighted by Gasteiger charge is -2.17. The monoisotopic (exact) mass is 275 g/mol. The predicted molar refractivity (Wildman–Crippen MR) is 77.7 cm³/mol. The molecule has 0 atom stereocenters. The molecular formula is C14H21N5O. The van der Waals surface area contributed by atoms with Gasteiger partial charge in [-0.15, -0.1) is 0 Å². The van der Waals surface area contributed by atoms with Crippen LogP contribution in [0.2, 0.25) is 0 Å². The average molecular weight is 275 g/mol. The Morgan fingerprint density at radius 1 is 1.30 bits per heavy atom. The van der Waals surface area contributed by atoms with Crippen LogP contribution in [0.3, 0.4) is 0 Å². The molecule has 6 nitrogen and oxygen atoms in total. The van der Waals surface area contributed by atoms with Crippen LogP contribution in [0.5, 0.6) is 5.88 Å². The molecule has 2 aromatic rings. The number of rotatable bonds is 6. The van der Waals surface area contributed by atoms with Crippen LogP contribution in [0.15, 0.2) is 24.8 Å². The van der Waals surface area contributed by atoms with Crippen LogP contribution < -0.4 is 9.64 Å². The van der Waals surface area contributed by atoms with Crippen molar-refractivity contribution in [2.24, 2.45) is 13.0 Å². The summed E-state index contributed by atoms with van der Waals surface area (Å²) in [7, 11) is 3.88. The van der Waals surface area contributed by atoms with Crippen LogP contribution in [-0.4, -0.2) is 33.4 Å². The molecule has 0 amide bonds. The molecule has 6 heteroatoms. The molecule has 0 saturated heterocycles. The zero-order valence-corrected chi connectivity index (χ0v) is 12.4. The average Bonchev–Trinajstić information content (AvgIpc) is 2.82. The number of ether oxygens (including phenoxy) is 1. The Balaban J connectivity index is 2.02. The fourth-order valence-electron chi connectivity index (χ4n) is 1.75. The lowest BCUT2D eigenvalue weighted by Crippen LogP contribution is -2.18. The summed E-state index contributed by atoms with van der Waals surface area (Å²) in [6.45, 7) is 5.58. The maximum absolute atomic E-state index is 5.60. The van der Waals surface area contributed by atoms with Gasteiger partial charge in [0.1, 0.15) is 0 Å². The fourth-order valence-corrected chi connectivity index (χ4v) is 1.75. The molecule has 0 spiro atoms. The number of aryl methyl sites for hydroxylation is 1. The van der Waals surface area contributed by atoms with Crippen molar-refractivity contribution >= 4 is 5.82 Å². The summed E-state index contributed by atoms with van der Waals surface area (Å²) >= 11 is 0. The minimum absolute atomic E-state index is 0.466. The first kappa shape index (κ1) is 14.3. The number of aromatic nitrogens is 4. The second-order valence-electron chi connectivity index (χ2n) is 5.30. The van der Waals surface area contributed by atoms with Gasteiger partial charge in [0.25, 0.3) is 0 Å². The Bertz CT molecular complexity index is 552. The molecule has 0 bridgehead atoms. The number of anilines is 1. The molecule has 0 unspecified atom stereocenters. The van der Waals surface area contributed by atoms with Gasteiger partial charge in [0.15, 0.2) is 5.82 Å². The first-order chi connectivity index (χ1) is 9.54. The summed E-state index contributed by atoms with van der Waals surface area (Å²) < 4.78 is 7.38. The molecule has 108 valence electrons. The van der Waals surface area contributed by atoms with Crippen LogP contribution in [0, 0.1) is 5.92 Å². The van der Waals surface area contributed by atoms with E-state index < -0.39 is 0 Å². The second kappa shape index (κ2) is 6.36. The summed E-state index contributed by atoms with van der Waals surface area (Å²) in [4.78, 5) is 10.7. The van der Waals surface area contributed by atoms with Crippen molar-refractivity contribution in [2.45, 2.75) is 20.4 Å². The smallest absolute Gasteiger partial charge is 0.234 e. The van der Waals surface area contributed by atoms with Crippen LogP contribution in [-0.2, 0) is 13.6 Å². The number of hydrogen-bond acceptors (Lipinski definition) is 5. The second-order valence-corrected chi connectivity index (χ2v) is 5.30. The van der Waals surface area contributed by atoms with Crippen molar-refractivity contribution in [2.75, 3.05) is 18.6 Å². The first-order valence-corrected chi connectivity index (χ1v) is 6.68. The van der Waals surface area contributed by atoms with Gasteiger partial charge in [-0.3, -0.25) is 9.67 Å². The van der Waals surface area contributed by atoms with Gasteiger partial charge < -0.3 is 9.64 Å². The van der Waals surface area contributed by atoms with E-state index in [4.69, 9.17) is 4.74 Å². The molecule has 0 N–H and O–H groups in total. The van der Waals surface area contributed by atoms with E-state index >= 15 is 0 Å². The van der Waals surface area contributed by atoms with Crippen LogP contribution in [0.1, 0.15) is 19.4 Å². The molecule has 0 aromatic carbocycles. The molecule has 0 aliphatic rings. The van der Waals surface area contributed by atoms with E-state index in [1.165, 1.54) is 0 Å². The summed E-state index contributed by atoms with van der Waals surface area (Å²) in [6, 6.07) is 0. The van der Waals surface area contributed by atoms with Crippen LogP contribution in [0.25, 0.3) is 0 Å². The van der Waals surface area contributed by atoms with Gasteiger partial charge in [0.2, 0.25) is 5.88 Å². The minimum atomic E-state index is 0.466. The van der Waals surface area contributed by atoms with Gasteiger partial charge in [-0.05, 0) is 5.92 Å².